The van der Waals surface area contributed by atoms with Crippen molar-refractivity contribution in [3.05, 3.63) is 64.7 Å². The van der Waals surface area contributed by atoms with Crippen LogP contribution in [0.25, 0.3) is 0 Å². The highest BCUT2D eigenvalue weighted by Gasteiger charge is 2.12. The number of methoxy groups -OCH3 is 1. The van der Waals surface area contributed by atoms with Crippen molar-refractivity contribution in [2.75, 3.05) is 20.3 Å². The van der Waals surface area contributed by atoms with Crippen molar-refractivity contribution in [1.82, 2.24) is 4.72 Å². The summed E-state index contributed by atoms with van der Waals surface area (Å²) in [5, 5.41) is 0. The van der Waals surface area contributed by atoms with E-state index in [2.05, 4.69) is 9.46 Å². The number of nitrogens with one attached hydrogen (secondary N) is 1. The van der Waals surface area contributed by atoms with E-state index < -0.39 is 16.0 Å². The number of ether oxygens (including phenoxy) is 2. The van der Waals surface area contributed by atoms with Crippen molar-refractivity contribution >= 4 is 16.0 Å². The molecule has 0 spiro atoms. The summed E-state index contributed by atoms with van der Waals surface area (Å²) in [6.07, 6.45) is 0. The normalized spacial score (nSPS) is 11.2. The monoisotopic (exact) mass is 377 g/mol. The molecular formula is C19H23NO5S. The molecule has 7 heteroatoms. The molecule has 2 aromatic carbocycles. The highest BCUT2D eigenvalue weighted by atomic mass is 32.2. The molecule has 0 aliphatic rings. The zero-order valence-corrected chi connectivity index (χ0v) is 15.9. The van der Waals surface area contributed by atoms with Crippen LogP contribution in [0, 0.1) is 13.8 Å². The van der Waals surface area contributed by atoms with E-state index in [9.17, 15) is 13.2 Å². The second-order valence-electron chi connectivity index (χ2n) is 5.96. The molecular weight excluding hydrogens is 354 g/mol. The Morgan fingerprint density at radius 2 is 1.77 bits per heavy atom. The van der Waals surface area contributed by atoms with Crippen molar-refractivity contribution in [3.8, 4) is 5.75 Å². The number of hydrogen-bond acceptors (Lipinski definition) is 5. The zero-order chi connectivity index (χ0) is 19.2. The Morgan fingerprint density at radius 3 is 2.38 bits per heavy atom. The van der Waals surface area contributed by atoms with Crippen LogP contribution in [0.5, 0.6) is 5.75 Å². The Hall–Kier alpha value is -2.38. The van der Waals surface area contributed by atoms with Crippen LogP contribution in [0.15, 0.2) is 42.5 Å². The van der Waals surface area contributed by atoms with E-state index in [-0.39, 0.29) is 18.9 Å². The van der Waals surface area contributed by atoms with Crippen LogP contribution in [0.3, 0.4) is 0 Å². The Bertz CT molecular complexity index is 860. The Kier molecular flexibility index (Phi) is 6.76. The van der Waals surface area contributed by atoms with Gasteiger partial charge in [-0.25, -0.2) is 17.9 Å². The lowest BCUT2D eigenvalue weighted by molar-refractivity contribution is 0.0600. The summed E-state index contributed by atoms with van der Waals surface area (Å²) in [6, 6.07) is 12.1. The van der Waals surface area contributed by atoms with Crippen LogP contribution in [-0.4, -0.2) is 34.6 Å². The smallest absolute Gasteiger partial charge is 0.337 e. The summed E-state index contributed by atoms with van der Waals surface area (Å²) >= 11 is 0. The molecule has 0 aliphatic heterocycles. The van der Waals surface area contributed by atoms with Crippen LogP contribution in [-0.2, 0) is 20.5 Å². The van der Waals surface area contributed by atoms with Gasteiger partial charge < -0.3 is 9.47 Å². The van der Waals surface area contributed by atoms with E-state index in [0.717, 1.165) is 16.9 Å². The van der Waals surface area contributed by atoms with Gasteiger partial charge >= 0.3 is 5.97 Å². The van der Waals surface area contributed by atoms with Gasteiger partial charge in [0.05, 0.1) is 18.4 Å². The number of sulfonamides is 1. The highest BCUT2D eigenvalue weighted by molar-refractivity contribution is 7.88. The summed E-state index contributed by atoms with van der Waals surface area (Å²) < 4.78 is 37.0. The van der Waals surface area contributed by atoms with E-state index in [1.54, 1.807) is 24.3 Å². The van der Waals surface area contributed by atoms with Crippen LogP contribution >= 0.6 is 0 Å². The molecule has 0 amide bonds. The molecule has 0 unspecified atom stereocenters. The fourth-order valence-corrected chi connectivity index (χ4v) is 3.57. The van der Waals surface area contributed by atoms with Crippen molar-refractivity contribution in [2.24, 2.45) is 0 Å². The van der Waals surface area contributed by atoms with Gasteiger partial charge in [0.15, 0.2) is 0 Å². The Morgan fingerprint density at radius 1 is 1.08 bits per heavy atom. The van der Waals surface area contributed by atoms with Gasteiger partial charge in [0.25, 0.3) is 0 Å². The zero-order valence-electron chi connectivity index (χ0n) is 15.1. The van der Waals surface area contributed by atoms with Gasteiger partial charge in [0, 0.05) is 6.54 Å². The van der Waals surface area contributed by atoms with E-state index >= 15 is 0 Å². The number of hydrogen-bond donors (Lipinski definition) is 1. The first-order valence-corrected chi connectivity index (χ1v) is 9.80. The molecule has 0 radical (unpaired) electrons. The minimum absolute atomic E-state index is 0.169. The maximum atomic E-state index is 12.1. The third kappa shape index (κ3) is 5.86. The lowest BCUT2D eigenvalue weighted by Gasteiger charge is -2.11. The number of rotatable bonds is 8. The molecule has 6 nitrogen and oxygen atoms in total. The molecule has 0 aliphatic carbocycles. The number of carbonyl (C=O) groups excluding carboxylic acids is 1. The quantitative estimate of drug-likeness (QED) is 0.565. The molecule has 2 rings (SSSR count). The van der Waals surface area contributed by atoms with Crippen molar-refractivity contribution in [3.63, 3.8) is 0 Å². The van der Waals surface area contributed by atoms with E-state index in [1.165, 1.54) is 7.11 Å². The molecule has 0 atom stereocenters. The van der Waals surface area contributed by atoms with Crippen LogP contribution in [0.2, 0.25) is 0 Å². The van der Waals surface area contributed by atoms with Crippen LogP contribution in [0.4, 0.5) is 0 Å². The van der Waals surface area contributed by atoms with Crippen molar-refractivity contribution in [1.29, 1.82) is 0 Å². The molecule has 140 valence electrons. The molecule has 0 fully saturated rings. The second-order valence-corrected chi connectivity index (χ2v) is 7.77. The number of benzene rings is 2. The second kappa shape index (κ2) is 8.82. The maximum absolute atomic E-state index is 12.1. The molecule has 0 aromatic heterocycles. The van der Waals surface area contributed by atoms with Crippen LogP contribution < -0.4 is 9.46 Å². The number of aryl methyl sites for hydroxylation is 2. The largest absolute Gasteiger partial charge is 0.492 e. The third-order valence-corrected chi connectivity index (χ3v) is 5.10. The standard InChI is InChI=1S/C19H23NO5S/c1-14-4-9-18(15(2)12-14)25-11-10-20-26(22,23)13-16-5-7-17(8-6-16)19(21)24-3/h4-9,12,20H,10-11,13H2,1-3H3. The topological polar surface area (TPSA) is 81.7 Å². The molecule has 1 N–H and O–H groups in total. The minimum atomic E-state index is -3.49. The maximum Gasteiger partial charge on any atom is 0.337 e. The Balaban J connectivity index is 1.84. The van der Waals surface area contributed by atoms with Gasteiger partial charge in [-0.2, -0.15) is 0 Å². The van der Waals surface area contributed by atoms with Crippen LogP contribution in [0.1, 0.15) is 27.0 Å². The van der Waals surface area contributed by atoms with Gasteiger partial charge in [0.2, 0.25) is 10.0 Å². The predicted molar refractivity (Wildman–Crippen MR) is 99.8 cm³/mol. The first-order chi connectivity index (χ1) is 12.3. The molecule has 0 saturated heterocycles. The third-order valence-electron chi connectivity index (χ3n) is 3.74. The minimum Gasteiger partial charge on any atom is -0.492 e. The molecule has 2 aromatic rings. The molecule has 0 heterocycles. The van der Waals surface area contributed by atoms with Gasteiger partial charge in [0.1, 0.15) is 12.4 Å². The lowest BCUT2D eigenvalue weighted by atomic mass is 10.1. The predicted octanol–water partition coefficient (Wildman–Crippen LogP) is 2.59. The van der Waals surface area contributed by atoms with Gasteiger partial charge in [-0.1, -0.05) is 29.8 Å². The molecule has 26 heavy (non-hydrogen) atoms. The summed E-state index contributed by atoms with van der Waals surface area (Å²) in [5.41, 5.74) is 3.12. The molecule has 0 bridgehead atoms. The fourth-order valence-electron chi connectivity index (χ4n) is 2.44. The average Bonchev–Trinajstić information content (AvgIpc) is 2.60. The van der Waals surface area contributed by atoms with E-state index in [1.807, 2.05) is 32.0 Å². The van der Waals surface area contributed by atoms with Gasteiger partial charge in [-0.15, -0.1) is 0 Å². The Labute approximate surface area is 154 Å². The van der Waals surface area contributed by atoms with Crippen molar-refractivity contribution < 1.29 is 22.7 Å². The van der Waals surface area contributed by atoms with Gasteiger partial charge in [-0.05, 0) is 43.2 Å². The summed E-state index contributed by atoms with van der Waals surface area (Å²) in [7, 11) is -2.19. The number of carbonyl (C=O) groups is 1. The highest BCUT2D eigenvalue weighted by Crippen LogP contribution is 2.18. The van der Waals surface area contributed by atoms with E-state index in [4.69, 9.17) is 4.74 Å². The average molecular weight is 377 g/mol. The number of esters is 1. The molecule has 0 saturated carbocycles. The first kappa shape index (κ1) is 19.9. The first-order valence-electron chi connectivity index (χ1n) is 8.15. The van der Waals surface area contributed by atoms with E-state index in [0.29, 0.717) is 11.1 Å². The summed E-state index contributed by atoms with van der Waals surface area (Å²) in [5.74, 6) is 0.118. The summed E-state index contributed by atoms with van der Waals surface area (Å²) in [6.45, 7) is 4.37. The summed E-state index contributed by atoms with van der Waals surface area (Å²) in [4.78, 5) is 11.4. The lowest BCUT2D eigenvalue weighted by Crippen LogP contribution is -2.29. The SMILES string of the molecule is COC(=O)c1ccc(CS(=O)(=O)NCCOc2ccc(C)cc2C)cc1. The van der Waals surface area contributed by atoms with Crippen molar-refractivity contribution in [2.45, 2.75) is 19.6 Å². The van der Waals surface area contributed by atoms with Gasteiger partial charge in [-0.3, -0.25) is 0 Å². The fraction of sp³-hybridized carbons (Fsp3) is 0.316.